The Hall–Kier alpha value is -3.57. The molecule has 0 saturated heterocycles. The zero-order valence-corrected chi connectivity index (χ0v) is 21.3. The van der Waals surface area contributed by atoms with E-state index < -0.39 is 10.0 Å². The summed E-state index contributed by atoms with van der Waals surface area (Å²) in [6, 6.07) is 18.6. The number of para-hydroxylation sites is 1. The fourth-order valence-electron chi connectivity index (χ4n) is 4.21. The number of aryl methyl sites for hydroxylation is 1. The second-order valence-electron chi connectivity index (χ2n) is 8.49. The molecule has 4 aromatic rings. The number of thioether (sulfide) groups is 1. The topological polar surface area (TPSA) is 110 Å². The summed E-state index contributed by atoms with van der Waals surface area (Å²) in [7, 11) is -3.37. The highest BCUT2D eigenvalue weighted by molar-refractivity contribution is 7.99. The van der Waals surface area contributed by atoms with Crippen molar-refractivity contribution in [1.29, 1.82) is 0 Å². The lowest BCUT2D eigenvalue weighted by Gasteiger charge is -2.29. The first-order valence-corrected chi connectivity index (χ1v) is 14.3. The van der Waals surface area contributed by atoms with Gasteiger partial charge >= 0.3 is 0 Å². The lowest BCUT2D eigenvalue weighted by atomic mass is 10.0. The number of anilines is 2. The fraction of sp³-hybridized carbons (Fsp3) is 0.240. The molecule has 11 heteroatoms. The maximum absolute atomic E-state index is 13.2. The van der Waals surface area contributed by atoms with E-state index in [0.717, 1.165) is 36.1 Å². The molecule has 1 aliphatic rings. The Morgan fingerprint density at radius 1 is 1.08 bits per heavy atom. The first kappa shape index (κ1) is 24.1. The number of carbonyl (C=O) groups is 1. The van der Waals surface area contributed by atoms with Gasteiger partial charge in [0.25, 0.3) is 0 Å². The SMILES string of the molecule is CS(=O)(=O)Nc1ccc(-c2nnc(SCC(=O)N3CCCc4ccccc43)n2Cc2ccco2)cc1. The number of benzene rings is 2. The number of rotatable bonds is 8. The molecular formula is C25H25N5O4S2. The maximum atomic E-state index is 13.2. The molecule has 1 N–H and O–H groups in total. The van der Waals surface area contributed by atoms with E-state index in [0.29, 0.717) is 29.8 Å². The van der Waals surface area contributed by atoms with Crippen LogP contribution in [0.4, 0.5) is 11.4 Å². The fourth-order valence-corrected chi connectivity index (χ4v) is 5.59. The molecule has 9 nitrogen and oxygen atoms in total. The summed E-state index contributed by atoms with van der Waals surface area (Å²) in [5.74, 6) is 1.57. The van der Waals surface area contributed by atoms with E-state index in [-0.39, 0.29) is 11.7 Å². The third-order valence-electron chi connectivity index (χ3n) is 5.79. The summed E-state index contributed by atoms with van der Waals surface area (Å²) in [6.45, 7) is 1.09. The van der Waals surface area contributed by atoms with E-state index in [1.54, 1.807) is 30.5 Å². The first-order chi connectivity index (χ1) is 17.4. The van der Waals surface area contributed by atoms with Crippen molar-refractivity contribution in [2.24, 2.45) is 0 Å². The van der Waals surface area contributed by atoms with Gasteiger partial charge in [-0.2, -0.15) is 0 Å². The second-order valence-corrected chi connectivity index (χ2v) is 11.2. The molecule has 186 valence electrons. The largest absolute Gasteiger partial charge is 0.467 e. The van der Waals surface area contributed by atoms with Crippen LogP contribution in [-0.4, -0.2) is 47.6 Å². The molecule has 5 rings (SSSR count). The Morgan fingerprint density at radius 2 is 1.89 bits per heavy atom. The molecule has 1 aliphatic heterocycles. The van der Waals surface area contributed by atoms with Gasteiger partial charge in [0, 0.05) is 23.5 Å². The number of nitrogens with one attached hydrogen (secondary N) is 1. The van der Waals surface area contributed by atoms with E-state index in [9.17, 15) is 13.2 Å². The lowest BCUT2D eigenvalue weighted by Crippen LogP contribution is -2.36. The van der Waals surface area contributed by atoms with Gasteiger partial charge in [-0.3, -0.25) is 14.1 Å². The van der Waals surface area contributed by atoms with Gasteiger partial charge in [-0.1, -0.05) is 30.0 Å². The van der Waals surface area contributed by atoms with Gasteiger partial charge in [-0.05, 0) is 60.9 Å². The Bertz CT molecular complexity index is 1460. The van der Waals surface area contributed by atoms with Crippen molar-refractivity contribution in [2.75, 3.05) is 28.2 Å². The number of carbonyl (C=O) groups excluding carboxylic acids is 1. The van der Waals surface area contributed by atoms with Crippen LogP contribution in [0.25, 0.3) is 11.4 Å². The van der Waals surface area contributed by atoms with Gasteiger partial charge in [-0.25, -0.2) is 8.42 Å². The summed E-state index contributed by atoms with van der Waals surface area (Å²) in [5.41, 5.74) is 3.39. The molecule has 0 fully saturated rings. The minimum Gasteiger partial charge on any atom is -0.467 e. The minimum absolute atomic E-state index is 0.0254. The van der Waals surface area contributed by atoms with Gasteiger partial charge < -0.3 is 9.32 Å². The molecule has 0 spiro atoms. The molecular weight excluding hydrogens is 498 g/mol. The van der Waals surface area contributed by atoms with Gasteiger partial charge in [-0.15, -0.1) is 10.2 Å². The number of nitrogens with zero attached hydrogens (tertiary/aromatic N) is 4. The highest BCUT2D eigenvalue weighted by Crippen LogP contribution is 2.30. The van der Waals surface area contributed by atoms with Crippen LogP contribution < -0.4 is 9.62 Å². The van der Waals surface area contributed by atoms with Crippen LogP contribution in [0, 0.1) is 0 Å². The van der Waals surface area contributed by atoms with Crippen molar-refractivity contribution < 1.29 is 17.6 Å². The predicted octanol–water partition coefficient (Wildman–Crippen LogP) is 4.03. The Kier molecular flexibility index (Phi) is 6.84. The zero-order chi connectivity index (χ0) is 25.1. The van der Waals surface area contributed by atoms with Crippen molar-refractivity contribution in [3.63, 3.8) is 0 Å². The normalized spacial score (nSPS) is 13.4. The Labute approximate surface area is 213 Å². The number of amides is 1. The highest BCUT2D eigenvalue weighted by atomic mass is 32.2. The van der Waals surface area contributed by atoms with E-state index in [1.807, 2.05) is 39.8 Å². The Morgan fingerprint density at radius 3 is 2.64 bits per heavy atom. The van der Waals surface area contributed by atoms with Crippen LogP contribution >= 0.6 is 11.8 Å². The number of hydrogen-bond acceptors (Lipinski definition) is 7. The molecule has 2 aromatic carbocycles. The number of aromatic nitrogens is 3. The molecule has 2 aromatic heterocycles. The molecule has 0 radical (unpaired) electrons. The van der Waals surface area contributed by atoms with Crippen LogP contribution in [0.5, 0.6) is 0 Å². The van der Waals surface area contributed by atoms with E-state index >= 15 is 0 Å². The molecule has 36 heavy (non-hydrogen) atoms. The molecule has 0 unspecified atom stereocenters. The maximum Gasteiger partial charge on any atom is 0.237 e. The van der Waals surface area contributed by atoms with Crippen molar-refractivity contribution in [3.05, 3.63) is 78.3 Å². The third kappa shape index (κ3) is 5.47. The average molecular weight is 524 g/mol. The van der Waals surface area contributed by atoms with Gasteiger partial charge in [0.05, 0.1) is 24.8 Å². The summed E-state index contributed by atoms with van der Waals surface area (Å²) in [5, 5.41) is 9.35. The molecule has 0 aliphatic carbocycles. The molecule has 1 amide bonds. The van der Waals surface area contributed by atoms with Crippen LogP contribution in [0.15, 0.2) is 76.5 Å². The summed E-state index contributed by atoms with van der Waals surface area (Å²) in [6.07, 6.45) is 4.63. The van der Waals surface area contributed by atoms with Gasteiger partial charge in [0.1, 0.15) is 5.76 Å². The van der Waals surface area contributed by atoms with Crippen LogP contribution in [0.3, 0.4) is 0 Å². The molecule has 0 bridgehead atoms. The molecule has 0 atom stereocenters. The summed E-state index contributed by atoms with van der Waals surface area (Å²) >= 11 is 1.34. The van der Waals surface area contributed by atoms with Crippen LogP contribution in [0.1, 0.15) is 17.7 Å². The smallest absolute Gasteiger partial charge is 0.237 e. The average Bonchev–Trinajstić information content (AvgIpc) is 3.52. The second kappa shape index (κ2) is 10.2. The summed E-state index contributed by atoms with van der Waals surface area (Å²) in [4.78, 5) is 15.0. The number of furan rings is 1. The number of fused-ring (bicyclic) bond motifs is 1. The minimum atomic E-state index is -3.37. The van der Waals surface area contributed by atoms with Crippen molar-refractivity contribution in [1.82, 2.24) is 14.8 Å². The number of sulfonamides is 1. The lowest BCUT2D eigenvalue weighted by molar-refractivity contribution is -0.116. The van der Waals surface area contributed by atoms with E-state index in [2.05, 4.69) is 21.0 Å². The van der Waals surface area contributed by atoms with Crippen molar-refractivity contribution in [2.45, 2.75) is 24.5 Å². The quantitative estimate of drug-likeness (QED) is 0.347. The molecule has 0 saturated carbocycles. The standard InChI is InChI=1S/C25H25N5O4S2/c1-36(32,33)28-20-12-10-19(11-13-20)24-26-27-25(30(24)16-21-8-5-15-34-21)35-17-23(31)29-14-4-7-18-6-2-3-9-22(18)29/h2-3,5-6,8-13,15,28H,4,7,14,16-17H2,1H3. The van der Waals surface area contributed by atoms with Gasteiger partial charge in [0.15, 0.2) is 11.0 Å². The van der Waals surface area contributed by atoms with Crippen LogP contribution in [-0.2, 0) is 27.8 Å². The van der Waals surface area contributed by atoms with E-state index in [4.69, 9.17) is 4.42 Å². The first-order valence-electron chi connectivity index (χ1n) is 11.4. The Balaban J connectivity index is 1.38. The van der Waals surface area contributed by atoms with Gasteiger partial charge in [0.2, 0.25) is 15.9 Å². The van der Waals surface area contributed by atoms with E-state index in [1.165, 1.54) is 17.3 Å². The third-order valence-corrected chi connectivity index (χ3v) is 7.35. The molecule has 3 heterocycles. The van der Waals surface area contributed by atoms with Crippen molar-refractivity contribution in [3.8, 4) is 11.4 Å². The highest BCUT2D eigenvalue weighted by Gasteiger charge is 2.24. The predicted molar refractivity (Wildman–Crippen MR) is 140 cm³/mol. The van der Waals surface area contributed by atoms with Crippen LogP contribution in [0.2, 0.25) is 0 Å². The monoisotopic (exact) mass is 523 g/mol. The zero-order valence-electron chi connectivity index (χ0n) is 19.6. The van der Waals surface area contributed by atoms with Crippen molar-refractivity contribution >= 4 is 39.1 Å². The number of hydrogen-bond donors (Lipinski definition) is 1. The summed E-state index contributed by atoms with van der Waals surface area (Å²) < 4.78 is 32.9.